The Bertz CT molecular complexity index is 1790. The lowest BCUT2D eigenvalue weighted by atomic mass is 10.1. The number of phosphoric acid groups is 1. The number of phosphoric ester groups is 1. The highest BCUT2D eigenvalue weighted by Gasteiger charge is 2.30. The van der Waals surface area contributed by atoms with Crippen molar-refractivity contribution < 1.29 is 37.3 Å². The molecule has 0 fully saturated rings. The van der Waals surface area contributed by atoms with Crippen molar-refractivity contribution in [3.05, 3.63) is 146 Å². The molecule has 0 aliphatic carbocycles. The van der Waals surface area contributed by atoms with Crippen LogP contribution in [0, 0.1) is 0 Å². The fourth-order valence-electron chi connectivity index (χ4n) is 7.34. The van der Waals surface area contributed by atoms with Gasteiger partial charge in [-0.15, -0.1) is 0 Å². The zero-order chi connectivity index (χ0) is 55.0. The summed E-state index contributed by atoms with van der Waals surface area (Å²) in [6.07, 6.45) is 77.3. The predicted octanol–water partition coefficient (Wildman–Crippen LogP) is 17.9. The molecule has 0 aromatic rings. The number of nitrogens with one attached hydrogen (secondary N) is 1. The first-order valence-corrected chi connectivity index (χ1v) is 30.7. The molecule has 0 heterocycles. The number of esters is 1. The normalized spacial score (nSPS) is 14.8. The van der Waals surface area contributed by atoms with Crippen molar-refractivity contribution in [3.8, 4) is 0 Å². The average Bonchev–Trinajstić information content (AvgIpc) is 3.37. The second kappa shape index (κ2) is 53.3. The van der Waals surface area contributed by atoms with Crippen LogP contribution in [0.15, 0.2) is 146 Å². The Morgan fingerprint density at radius 1 is 0.480 bits per heavy atom. The van der Waals surface area contributed by atoms with Crippen LogP contribution >= 0.6 is 7.82 Å². The summed E-state index contributed by atoms with van der Waals surface area (Å²) in [5.41, 5.74) is 0. The van der Waals surface area contributed by atoms with Gasteiger partial charge in [0.2, 0.25) is 5.91 Å². The molecule has 0 aliphatic rings. The monoisotopic (exact) mass is 1060 g/mol. The van der Waals surface area contributed by atoms with Gasteiger partial charge in [-0.3, -0.25) is 18.6 Å². The van der Waals surface area contributed by atoms with Crippen LogP contribution in [0.2, 0.25) is 0 Å². The SMILES string of the molecule is CC/C=C\C/C=C\C/C=C\C/C=C\C/C=C\C/C=C\CCCCC(=O)OC(/C=C/CCCCCCCCCCCC)C(COP(=O)(O)OCC[N+](C)(C)C)NC(=O)CC/C=C/C/C=C/C/C=C/C/C=C/C/C=C/CC. The van der Waals surface area contributed by atoms with Gasteiger partial charge in [-0.1, -0.05) is 218 Å². The molecule has 424 valence electrons. The highest BCUT2D eigenvalue weighted by atomic mass is 31.2. The van der Waals surface area contributed by atoms with E-state index in [2.05, 4.69) is 148 Å². The predicted molar refractivity (Wildman–Crippen MR) is 322 cm³/mol. The van der Waals surface area contributed by atoms with E-state index in [-0.39, 0.29) is 32.0 Å². The number of allylic oxidation sites excluding steroid dienone is 23. The number of amides is 1. The smallest absolute Gasteiger partial charge is 0.456 e. The molecule has 0 aromatic carbocycles. The number of carbonyl (C=O) groups excluding carboxylic acids is 2. The third-order valence-corrected chi connectivity index (χ3v) is 12.8. The molecule has 0 saturated carbocycles. The summed E-state index contributed by atoms with van der Waals surface area (Å²) in [5, 5.41) is 2.98. The molecule has 0 saturated heterocycles. The van der Waals surface area contributed by atoms with Crippen LogP contribution in [-0.4, -0.2) is 74.3 Å². The van der Waals surface area contributed by atoms with Crippen molar-refractivity contribution in [1.82, 2.24) is 5.32 Å². The van der Waals surface area contributed by atoms with Gasteiger partial charge < -0.3 is 19.4 Å². The Morgan fingerprint density at radius 2 is 0.867 bits per heavy atom. The molecule has 0 aromatic heterocycles. The topological polar surface area (TPSA) is 111 Å². The Hall–Kier alpha value is -4.11. The van der Waals surface area contributed by atoms with Gasteiger partial charge in [-0.25, -0.2) is 4.57 Å². The molecule has 0 radical (unpaired) electrons. The van der Waals surface area contributed by atoms with Crippen molar-refractivity contribution >= 4 is 19.7 Å². The number of quaternary nitrogens is 1. The molecular formula is C65H108N2O7P+. The molecule has 0 rings (SSSR count). The number of nitrogens with zero attached hydrogens (tertiary/aromatic N) is 1. The molecule has 9 nitrogen and oxygen atoms in total. The van der Waals surface area contributed by atoms with Crippen molar-refractivity contribution in [2.75, 3.05) is 40.9 Å². The first-order chi connectivity index (χ1) is 36.4. The Balaban J connectivity index is 5.52. The first-order valence-electron chi connectivity index (χ1n) is 29.2. The molecule has 0 spiro atoms. The molecule has 3 atom stereocenters. The minimum Gasteiger partial charge on any atom is -0.456 e. The van der Waals surface area contributed by atoms with E-state index >= 15 is 0 Å². The zero-order valence-electron chi connectivity index (χ0n) is 48.2. The lowest BCUT2D eigenvalue weighted by Gasteiger charge is -2.27. The average molecular weight is 1060 g/mol. The number of hydrogen-bond acceptors (Lipinski definition) is 6. The lowest BCUT2D eigenvalue weighted by molar-refractivity contribution is -0.870. The van der Waals surface area contributed by atoms with E-state index < -0.39 is 25.9 Å². The largest absolute Gasteiger partial charge is 0.472 e. The van der Waals surface area contributed by atoms with Gasteiger partial charge >= 0.3 is 13.8 Å². The quantitative estimate of drug-likeness (QED) is 0.0205. The van der Waals surface area contributed by atoms with Crippen LogP contribution in [-0.2, 0) is 27.9 Å². The van der Waals surface area contributed by atoms with E-state index in [0.29, 0.717) is 23.9 Å². The van der Waals surface area contributed by atoms with Gasteiger partial charge in [-0.05, 0) is 115 Å². The van der Waals surface area contributed by atoms with Gasteiger partial charge in [0.05, 0.1) is 33.8 Å². The minimum absolute atomic E-state index is 0.0112. The maximum atomic E-state index is 13.5. The number of hydrogen-bond donors (Lipinski definition) is 2. The van der Waals surface area contributed by atoms with E-state index in [1.165, 1.54) is 51.4 Å². The summed E-state index contributed by atoms with van der Waals surface area (Å²) in [6, 6.07) is -0.917. The summed E-state index contributed by atoms with van der Waals surface area (Å²) in [5.74, 6) is -0.667. The number of likely N-dealkylation sites (N-methyl/N-ethyl adjacent to an activating group) is 1. The number of ether oxygens (including phenoxy) is 1. The highest BCUT2D eigenvalue weighted by molar-refractivity contribution is 7.47. The molecule has 0 bridgehead atoms. The van der Waals surface area contributed by atoms with Gasteiger partial charge in [0.15, 0.2) is 0 Å². The van der Waals surface area contributed by atoms with Gasteiger partial charge in [0, 0.05) is 12.8 Å². The fourth-order valence-corrected chi connectivity index (χ4v) is 8.08. The second-order valence-electron chi connectivity index (χ2n) is 20.0. The fraction of sp³-hybridized carbons (Fsp3) is 0.600. The summed E-state index contributed by atoms with van der Waals surface area (Å²) in [7, 11) is 1.40. The second-order valence-corrected chi connectivity index (χ2v) is 21.5. The summed E-state index contributed by atoms with van der Waals surface area (Å²) >= 11 is 0. The Kier molecular flexibility index (Phi) is 50.4. The summed E-state index contributed by atoms with van der Waals surface area (Å²) < 4.78 is 30.5. The standard InChI is InChI=1S/C65H107N2O7P/c1-7-10-13-16-19-22-25-28-30-32-33-34-35-36-38-40-43-46-49-52-55-58-65(69)74-63(56-53-50-47-44-41-27-24-21-18-15-12-9-3)62(61-73-75(70,71)72-60-59-67(4,5)6)66-64(68)57-54-51-48-45-42-39-37-31-29-26-23-20-17-14-11-8-2/h10-11,13-14,19-20,22-23,28-31,33-34,36,38-39,42-43,46,48,51,53,56,62-63H,7-9,12,15-18,21,24-27,32,35,37,40-41,44-45,47,49-50,52,54-55,57-61H2,1-6H3,(H-,66,68,70,71)/p+1/b13-10-,14-11+,22-19-,23-20+,30-28-,31-29+,34-33-,38-36-,42-39+,46-43-,51-48+,56-53+. The third-order valence-electron chi connectivity index (χ3n) is 11.8. The zero-order valence-corrected chi connectivity index (χ0v) is 49.1. The van der Waals surface area contributed by atoms with E-state index in [4.69, 9.17) is 13.8 Å². The highest BCUT2D eigenvalue weighted by Crippen LogP contribution is 2.43. The number of rotatable bonds is 50. The molecule has 10 heteroatoms. The minimum atomic E-state index is -4.49. The summed E-state index contributed by atoms with van der Waals surface area (Å²) in [6.45, 7) is 6.66. The first kappa shape index (κ1) is 70.9. The van der Waals surface area contributed by atoms with Crippen LogP contribution in [0.5, 0.6) is 0 Å². The van der Waals surface area contributed by atoms with Gasteiger partial charge in [0.1, 0.15) is 19.3 Å². The lowest BCUT2D eigenvalue weighted by Crippen LogP contribution is -2.47. The van der Waals surface area contributed by atoms with Crippen molar-refractivity contribution in [2.45, 2.75) is 213 Å². The maximum absolute atomic E-state index is 13.5. The van der Waals surface area contributed by atoms with Gasteiger partial charge in [-0.2, -0.15) is 0 Å². The number of carbonyl (C=O) groups is 2. The molecule has 2 N–H and O–H groups in total. The van der Waals surface area contributed by atoms with E-state index in [0.717, 1.165) is 103 Å². The maximum Gasteiger partial charge on any atom is 0.472 e. The Morgan fingerprint density at radius 3 is 1.31 bits per heavy atom. The Labute approximate surface area is 459 Å². The number of unbranched alkanes of at least 4 members (excludes halogenated alkanes) is 12. The molecular weight excluding hydrogens is 952 g/mol. The van der Waals surface area contributed by atoms with Crippen molar-refractivity contribution in [1.29, 1.82) is 0 Å². The third kappa shape index (κ3) is 54.5. The molecule has 3 unspecified atom stereocenters. The van der Waals surface area contributed by atoms with Gasteiger partial charge in [0.25, 0.3) is 0 Å². The van der Waals surface area contributed by atoms with Crippen LogP contribution in [0.3, 0.4) is 0 Å². The van der Waals surface area contributed by atoms with Crippen molar-refractivity contribution in [3.63, 3.8) is 0 Å². The van der Waals surface area contributed by atoms with Crippen LogP contribution < -0.4 is 5.32 Å². The molecule has 75 heavy (non-hydrogen) atoms. The van der Waals surface area contributed by atoms with Crippen LogP contribution in [0.25, 0.3) is 0 Å². The van der Waals surface area contributed by atoms with E-state index in [1.54, 1.807) is 0 Å². The van der Waals surface area contributed by atoms with Crippen LogP contribution in [0.4, 0.5) is 0 Å². The van der Waals surface area contributed by atoms with Crippen molar-refractivity contribution in [2.24, 2.45) is 0 Å². The van der Waals surface area contributed by atoms with Crippen LogP contribution in [0.1, 0.15) is 201 Å². The van der Waals surface area contributed by atoms with E-state index in [9.17, 15) is 19.0 Å². The molecule has 1 amide bonds. The summed E-state index contributed by atoms with van der Waals surface area (Å²) in [4.78, 5) is 37.6. The van der Waals surface area contributed by atoms with E-state index in [1.807, 2.05) is 45.4 Å². The molecule has 0 aliphatic heterocycles.